The Morgan fingerprint density at radius 3 is 2.63 bits per heavy atom. The molecule has 4 rings (SSSR count). The maximum Gasteiger partial charge on any atom is 0.123 e. The van der Waals surface area contributed by atoms with E-state index in [-0.39, 0.29) is 5.82 Å². The average molecular weight is 359 g/mol. The number of aromatic nitrogens is 1. The number of pyridine rings is 1. The molecule has 27 heavy (non-hydrogen) atoms. The number of nitrogens with zero attached hydrogens (tertiary/aromatic N) is 2. The summed E-state index contributed by atoms with van der Waals surface area (Å²) in [5, 5.41) is 3.43. The van der Waals surface area contributed by atoms with E-state index in [9.17, 15) is 4.39 Å². The molecule has 0 unspecified atom stereocenters. The van der Waals surface area contributed by atoms with Crippen LogP contribution in [-0.2, 0) is 0 Å². The summed E-state index contributed by atoms with van der Waals surface area (Å²) in [5.74, 6) is 0.485. The molecule has 1 aromatic heterocycles. The molecule has 1 aliphatic heterocycles. The SMILES string of the molecule is CCOc1ccc2c(c1)C(c1ccc(F)cc1)=NC=C(c1cccnc1)N2. The molecule has 0 saturated heterocycles. The van der Waals surface area contributed by atoms with Crippen molar-refractivity contribution < 1.29 is 9.13 Å². The topological polar surface area (TPSA) is 46.5 Å². The normalized spacial score (nSPS) is 13.0. The number of rotatable bonds is 4. The number of aliphatic imine (C=N–C) groups is 1. The lowest BCUT2D eigenvalue weighted by molar-refractivity contribution is 0.340. The first-order valence-electron chi connectivity index (χ1n) is 8.73. The Morgan fingerprint density at radius 1 is 1.04 bits per heavy atom. The van der Waals surface area contributed by atoms with Crippen molar-refractivity contribution in [1.82, 2.24) is 4.98 Å². The highest BCUT2D eigenvalue weighted by Crippen LogP contribution is 2.31. The number of halogens is 1. The van der Waals surface area contributed by atoms with Crippen LogP contribution in [0.1, 0.15) is 23.6 Å². The molecule has 5 heteroatoms. The van der Waals surface area contributed by atoms with Gasteiger partial charge in [0.25, 0.3) is 0 Å². The molecule has 0 amide bonds. The van der Waals surface area contributed by atoms with Crippen LogP contribution < -0.4 is 10.1 Å². The molecular formula is C22H18FN3O. The third-order valence-electron chi connectivity index (χ3n) is 4.24. The van der Waals surface area contributed by atoms with Gasteiger partial charge in [-0.05, 0) is 61.5 Å². The van der Waals surface area contributed by atoms with Crippen LogP contribution in [0.2, 0.25) is 0 Å². The summed E-state index contributed by atoms with van der Waals surface area (Å²) in [6.45, 7) is 2.52. The van der Waals surface area contributed by atoms with Crippen LogP contribution in [0.3, 0.4) is 0 Å². The van der Waals surface area contributed by atoms with Gasteiger partial charge >= 0.3 is 0 Å². The Hall–Kier alpha value is -3.47. The molecule has 0 aliphatic carbocycles. The van der Waals surface area contributed by atoms with Crippen molar-refractivity contribution in [3.63, 3.8) is 0 Å². The van der Waals surface area contributed by atoms with Gasteiger partial charge in [0, 0.05) is 34.8 Å². The van der Waals surface area contributed by atoms with Crippen LogP contribution in [0.25, 0.3) is 5.70 Å². The van der Waals surface area contributed by atoms with Crippen molar-refractivity contribution in [3.8, 4) is 5.75 Å². The minimum atomic E-state index is -0.277. The summed E-state index contributed by atoms with van der Waals surface area (Å²) in [7, 11) is 0. The number of ether oxygens (including phenoxy) is 1. The van der Waals surface area contributed by atoms with Gasteiger partial charge in [-0.1, -0.05) is 0 Å². The highest BCUT2D eigenvalue weighted by molar-refractivity contribution is 6.17. The molecule has 0 spiro atoms. The first-order valence-corrected chi connectivity index (χ1v) is 8.73. The third-order valence-corrected chi connectivity index (χ3v) is 4.24. The third kappa shape index (κ3) is 3.58. The predicted octanol–water partition coefficient (Wildman–Crippen LogP) is 4.88. The zero-order valence-electron chi connectivity index (χ0n) is 14.8. The van der Waals surface area contributed by atoms with Gasteiger partial charge in [0.2, 0.25) is 0 Å². The van der Waals surface area contributed by atoms with E-state index in [2.05, 4.69) is 10.3 Å². The lowest BCUT2D eigenvalue weighted by Gasteiger charge is -2.15. The Kier molecular flexibility index (Phi) is 4.66. The highest BCUT2D eigenvalue weighted by Gasteiger charge is 2.17. The second-order valence-corrected chi connectivity index (χ2v) is 6.03. The molecule has 1 N–H and O–H groups in total. The molecule has 0 saturated carbocycles. The van der Waals surface area contributed by atoms with Crippen LogP contribution in [0.5, 0.6) is 5.75 Å². The van der Waals surface area contributed by atoms with Crippen molar-refractivity contribution in [1.29, 1.82) is 0 Å². The predicted molar refractivity (Wildman–Crippen MR) is 105 cm³/mol. The molecule has 4 nitrogen and oxygen atoms in total. The number of fused-ring (bicyclic) bond motifs is 1. The first-order chi connectivity index (χ1) is 13.2. The van der Waals surface area contributed by atoms with Gasteiger partial charge in [-0.25, -0.2) is 4.39 Å². The molecule has 0 fully saturated rings. The number of hydrogen-bond donors (Lipinski definition) is 1. The number of hydrogen-bond acceptors (Lipinski definition) is 4. The van der Waals surface area contributed by atoms with Crippen molar-refractivity contribution in [3.05, 3.63) is 95.7 Å². The molecule has 2 aromatic carbocycles. The second-order valence-electron chi connectivity index (χ2n) is 6.03. The van der Waals surface area contributed by atoms with E-state index in [0.29, 0.717) is 6.61 Å². The van der Waals surface area contributed by atoms with E-state index < -0.39 is 0 Å². The zero-order valence-corrected chi connectivity index (χ0v) is 14.8. The molecule has 3 aromatic rings. The quantitative estimate of drug-likeness (QED) is 0.722. The first kappa shape index (κ1) is 17.0. The highest BCUT2D eigenvalue weighted by atomic mass is 19.1. The maximum absolute atomic E-state index is 13.4. The van der Waals surface area contributed by atoms with Crippen LogP contribution in [0.4, 0.5) is 10.1 Å². The number of nitrogens with one attached hydrogen (secondary N) is 1. The lowest BCUT2D eigenvalue weighted by Crippen LogP contribution is -2.07. The van der Waals surface area contributed by atoms with E-state index in [1.165, 1.54) is 12.1 Å². The van der Waals surface area contributed by atoms with Gasteiger partial charge < -0.3 is 10.1 Å². The van der Waals surface area contributed by atoms with Gasteiger partial charge in [0.15, 0.2) is 0 Å². The van der Waals surface area contributed by atoms with Crippen molar-refractivity contribution in [2.75, 3.05) is 11.9 Å². The molecule has 134 valence electrons. The summed E-state index contributed by atoms with van der Waals surface area (Å²) in [5.41, 5.74) is 5.14. The molecule has 0 radical (unpaired) electrons. The number of benzene rings is 2. The van der Waals surface area contributed by atoms with Gasteiger partial charge in [0.05, 0.1) is 24.2 Å². The van der Waals surface area contributed by atoms with E-state index in [1.807, 2.05) is 37.3 Å². The summed E-state index contributed by atoms with van der Waals surface area (Å²) >= 11 is 0. The maximum atomic E-state index is 13.4. The minimum absolute atomic E-state index is 0.277. The molecule has 0 atom stereocenters. The Morgan fingerprint density at radius 2 is 1.89 bits per heavy atom. The van der Waals surface area contributed by atoms with Crippen molar-refractivity contribution in [2.24, 2.45) is 4.99 Å². The Bertz CT molecular complexity index is 1010. The number of anilines is 1. The van der Waals surface area contributed by atoms with E-state index in [1.54, 1.807) is 30.7 Å². The monoisotopic (exact) mass is 359 g/mol. The largest absolute Gasteiger partial charge is 0.494 e. The summed E-state index contributed by atoms with van der Waals surface area (Å²) < 4.78 is 19.0. The molecule has 1 aliphatic rings. The fourth-order valence-electron chi connectivity index (χ4n) is 2.97. The summed E-state index contributed by atoms with van der Waals surface area (Å²) in [6.07, 6.45) is 5.29. The molecular weight excluding hydrogens is 341 g/mol. The Balaban J connectivity index is 1.86. The summed E-state index contributed by atoms with van der Waals surface area (Å²) in [4.78, 5) is 8.89. The van der Waals surface area contributed by atoms with Gasteiger partial charge in [0.1, 0.15) is 11.6 Å². The van der Waals surface area contributed by atoms with Crippen LogP contribution in [-0.4, -0.2) is 17.3 Å². The zero-order chi connectivity index (χ0) is 18.6. The summed E-state index contributed by atoms with van der Waals surface area (Å²) in [6, 6.07) is 16.0. The van der Waals surface area contributed by atoms with E-state index in [4.69, 9.17) is 9.73 Å². The fourth-order valence-corrected chi connectivity index (χ4v) is 2.97. The lowest BCUT2D eigenvalue weighted by atomic mass is 10.00. The smallest absolute Gasteiger partial charge is 0.123 e. The average Bonchev–Trinajstić information content (AvgIpc) is 2.89. The molecule has 2 heterocycles. The van der Waals surface area contributed by atoms with E-state index >= 15 is 0 Å². The standard InChI is InChI=1S/C22H18FN3O/c1-2-27-18-9-10-20-19(12-18)22(15-5-7-17(23)8-6-15)25-14-21(26-20)16-4-3-11-24-13-16/h3-14,26H,2H2,1H3. The van der Waals surface area contributed by atoms with Gasteiger partial charge in [-0.15, -0.1) is 0 Å². The van der Waals surface area contributed by atoms with Crippen LogP contribution in [0, 0.1) is 5.82 Å². The van der Waals surface area contributed by atoms with Gasteiger partial charge in [-0.2, -0.15) is 0 Å². The molecule has 0 bridgehead atoms. The van der Waals surface area contributed by atoms with Crippen molar-refractivity contribution in [2.45, 2.75) is 6.92 Å². The van der Waals surface area contributed by atoms with E-state index in [0.717, 1.165) is 39.5 Å². The van der Waals surface area contributed by atoms with Crippen LogP contribution >= 0.6 is 0 Å². The van der Waals surface area contributed by atoms with Crippen molar-refractivity contribution >= 4 is 17.1 Å². The Labute approximate surface area is 157 Å². The minimum Gasteiger partial charge on any atom is -0.494 e. The van der Waals surface area contributed by atoms with Crippen LogP contribution in [0.15, 0.2) is 78.2 Å². The van der Waals surface area contributed by atoms with Gasteiger partial charge in [-0.3, -0.25) is 9.98 Å². The second kappa shape index (κ2) is 7.41. The fraction of sp³-hybridized carbons (Fsp3) is 0.0909.